The minimum Gasteiger partial charge on any atom is -0.480 e. The van der Waals surface area contributed by atoms with E-state index in [4.69, 9.17) is 4.74 Å². The molecular weight excluding hydrogens is 354 g/mol. The van der Waals surface area contributed by atoms with Gasteiger partial charge in [-0.2, -0.15) is 0 Å². The molecule has 1 N–H and O–H groups in total. The third-order valence-electron chi connectivity index (χ3n) is 4.85. The van der Waals surface area contributed by atoms with Crippen molar-refractivity contribution in [3.63, 3.8) is 0 Å². The first kappa shape index (κ1) is 17.8. The van der Waals surface area contributed by atoms with Crippen LogP contribution in [0.3, 0.4) is 0 Å². The second kappa shape index (κ2) is 7.56. The van der Waals surface area contributed by atoms with Gasteiger partial charge in [-0.3, -0.25) is 4.79 Å². The van der Waals surface area contributed by atoms with Crippen molar-refractivity contribution in [3.05, 3.63) is 95.6 Å². The molecule has 5 heteroatoms. The molecule has 1 aliphatic heterocycles. The minimum atomic E-state index is -1.00. The molecule has 140 valence electrons. The number of fused-ring (bicyclic) bond motifs is 1. The van der Waals surface area contributed by atoms with Gasteiger partial charge in [0, 0.05) is 18.5 Å². The van der Waals surface area contributed by atoms with Crippen molar-refractivity contribution in [2.75, 3.05) is 0 Å². The van der Waals surface area contributed by atoms with E-state index in [-0.39, 0.29) is 12.5 Å². The van der Waals surface area contributed by atoms with Crippen LogP contribution >= 0.6 is 0 Å². The lowest BCUT2D eigenvalue weighted by Gasteiger charge is -2.34. The van der Waals surface area contributed by atoms with E-state index in [9.17, 15) is 14.7 Å². The van der Waals surface area contributed by atoms with Gasteiger partial charge in [-0.05, 0) is 41.5 Å². The SMILES string of the molecule is O=C(O)C1Cc2ccccc2CN1C(=O)c1cccc(Oc2ccccc2)c1. The fourth-order valence-corrected chi connectivity index (χ4v) is 3.44. The molecule has 5 nitrogen and oxygen atoms in total. The number of carbonyl (C=O) groups excluding carboxylic acids is 1. The van der Waals surface area contributed by atoms with E-state index in [0.717, 1.165) is 11.1 Å². The maximum atomic E-state index is 13.1. The van der Waals surface area contributed by atoms with Crippen LogP contribution < -0.4 is 4.74 Å². The Labute approximate surface area is 162 Å². The van der Waals surface area contributed by atoms with Crippen molar-refractivity contribution < 1.29 is 19.4 Å². The van der Waals surface area contributed by atoms with Gasteiger partial charge < -0.3 is 14.7 Å². The number of nitrogens with zero attached hydrogens (tertiary/aromatic N) is 1. The average molecular weight is 373 g/mol. The molecular formula is C23H19NO4. The zero-order chi connectivity index (χ0) is 19.5. The molecule has 3 aromatic carbocycles. The molecule has 1 atom stereocenters. The summed E-state index contributed by atoms with van der Waals surface area (Å²) in [5, 5.41) is 9.66. The predicted molar refractivity (Wildman–Crippen MR) is 104 cm³/mol. The summed E-state index contributed by atoms with van der Waals surface area (Å²) in [6.07, 6.45) is 0.303. The molecule has 1 unspecified atom stereocenters. The lowest BCUT2D eigenvalue weighted by Crippen LogP contribution is -2.48. The highest BCUT2D eigenvalue weighted by Crippen LogP contribution is 2.27. The van der Waals surface area contributed by atoms with Gasteiger partial charge in [0.05, 0.1) is 0 Å². The molecule has 1 amide bonds. The van der Waals surface area contributed by atoms with Gasteiger partial charge in [0.1, 0.15) is 17.5 Å². The van der Waals surface area contributed by atoms with Gasteiger partial charge in [-0.1, -0.05) is 48.5 Å². The van der Waals surface area contributed by atoms with Crippen molar-refractivity contribution in [1.29, 1.82) is 0 Å². The first-order chi connectivity index (χ1) is 13.6. The maximum absolute atomic E-state index is 13.1. The highest BCUT2D eigenvalue weighted by molar-refractivity contribution is 5.97. The Kier molecular flexibility index (Phi) is 4.81. The van der Waals surface area contributed by atoms with E-state index in [1.54, 1.807) is 24.3 Å². The summed E-state index contributed by atoms with van der Waals surface area (Å²) in [5.74, 6) is -0.122. The number of carboxylic acids is 1. The Morgan fingerprint density at radius 2 is 1.54 bits per heavy atom. The molecule has 0 fully saturated rings. The third kappa shape index (κ3) is 3.60. The number of aliphatic carboxylic acids is 1. The number of amides is 1. The molecule has 0 saturated carbocycles. The van der Waals surface area contributed by atoms with Crippen LogP contribution in [0.25, 0.3) is 0 Å². The van der Waals surface area contributed by atoms with Crippen molar-refractivity contribution in [3.8, 4) is 11.5 Å². The standard InChI is InChI=1S/C23H19NO4/c25-22(17-9-6-12-20(13-17)28-19-10-2-1-3-11-19)24-15-18-8-5-4-7-16(18)14-21(24)23(26)27/h1-13,21H,14-15H2,(H,26,27). The largest absolute Gasteiger partial charge is 0.480 e. The first-order valence-corrected chi connectivity index (χ1v) is 9.05. The number of ether oxygens (including phenoxy) is 1. The molecule has 1 heterocycles. The number of para-hydroxylation sites is 1. The van der Waals surface area contributed by atoms with Gasteiger partial charge in [-0.25, -0.2) is 4.79 Å². The Balaban J connectivity index is 1.61. The van der Waals surface area contributed by atoms with Crippen LogP contribution in [0, 0.1) is 0 Å². The van der Waals surface area contributed by atoms with Gasteiger partial charge in [0.25, 0.3) is 5.91 Å². The van der Waals surface area contributed by atoms with Gasteiger partial charge in [0.2, 0.25) is 0 Å². The highest BCUT2D eigenvalue weighted by Gasteiger charge is 2.35. The summed E-state index contributed by atoms with van der Waals surface area (Å²) in [6, 6.07) is 22.9. The summed E-state index contributed by atoms with van der Waals surface area (Å²) < 4.78 is 5.80. The molecule has 1 aliphatic rings. The molecule has 4 rings (SSSR count). The second-order valence-electron chi connectivity index (χ2n) is 6.70. The van der Waals surface area contributed by atoms with Gasteiger partial charge in [0.15, 0.2) is 0 Å². The number of carbonyl (C=O) groups is 2. The van der Waals surface area contributed by atoms with Gasteiger partial charge >= 0.3 is 5.97 Å². The van der Waals surface area contributed by atoms with Gasteiger partial charge in [-0.15, -0.1) is 0 Å². The van der Waals surface area contributed by atoms with Crippen molar-refractivity contribution in [2.24, 2.45) is 0 Å². The summed E-state index contributed by atoms with van der Waals surface area (Å²) in [5.41, 5.74) is 2.35. The molecule has 3 aromatic rings. The Bertz CT molecular complexity index is 1020. The smallest absolute Gasteiger partial charge is 0.326 e. The Hall–Kier alpha value is -3.60. The lowest BCUT2D eigenvalue weighted by molar-refractivity contribution is -0.142. The van der Waals surface area contributed by atoms with E-state index >= 15 is 0 Å². The summed E-state index contributed by atoms with van der Waals surface area (Å²) in [6.45, 7) is 0.274. The van der Waals surface area contributed by atoms with E-state index in [2.05, 4.69) is 0 Å². The van der Waals surface area contributed by atoms with Crippen LogP contribution in [0.2, 0.25) is 0 Å². The molecule has 0 spiro atoms. The van der Waals surface area contributed by atoms with E-state index in [1.165, 1.54) is 4.90 Å². The van der Waals surface area contributed by atoms with E-state index < -0.39 is 12.0 Å². The molecule has 0 radical (unpaired) electrons. The predicted octanol–water partition coefficient (Wildman–Crippen LogP) is 4.13. The summed E-state index contributed by atoms with van der Waals surface area (Å²) in [7, 11) is 0. The van der Waals surface area contributed by atoms with Crippen LogP contribution in [0.5, 0.6) is 11.5 Å². The number of benzene rings is 3. The number of carboxylic acid groups (broad SMARTS) is 1. The summed E-state index contributed by atoms with van der Waals surface area (Å²) in [4.78, 5) is 26.4. The van der Waals surface area contributed by atoms with Crippen LogP contribution in [0.15, 0.2) is 78.9 Å². The highest BCUT2D eigenvalue weighted by atomic mass is 16.5. The zero-order valence-corrected chi connectivity index (χ0v) is 15.1. The van der Waals surface area contributed by atoms with Crippen molar-refractivity contribution >= 4 is 11.9 Å². The van der Waals surface area contributed by atoms with Crippen LogP contribution in [-0.4, -0.2) is 27.9 Å². The Morgan fingerprint density at radius 1 is 0.857 bits per heavy atom. The number of rotatable bonds is 4. The van der Waals surface area contributed by atoms with Crippen LogP contribution in [-0.2, 0) is 17.8 Å². The average Bonchev–Trinajstić information content (AvgIpc) is 2.73. The molecule has 0 aromatic heterocycles. The minimum absolute atomic E-state index is 0.274. The summed E-state index contributed by atoms with van der Waals surface area (Å²) >= 11 is 0. The number of hydrogen-bond acceptors (Lipinski definition) is 3. The Morgan fingerprint density at radius 3 is 2.29 bits per heavy atom. The van der Waals surface area contributed by atoms with Crippen molar-refractivity contribution in [1.82, 2.24) is 4.90 Å². The lowest BCUT2D eigenvalue weighted by atomic mass is 9.93. The first-order valence-electron chi connectivity index (χ1n) is 9.05. The molecule has 28 heavy (non-hydrogen) atoms. The fraction of sp³-hybridized carbons (Fsp3) is 0.130. The maximum Gasteiger partial charge on any atom is 0.326 e. The zero-order valence-electron chi connectivity index (χ0n) is 15.1. The normalized spacial score (nSPS) is 15.6. The molecule has 0 bridgehead atoms. The molecule has 0 saturated heterocycles. The topological polar surface area (TPSA) is 66.8 Å². The quantitative estimate of drug-likeness (QED) is 0.747. The molecule has 0 aliphatic carbocycles. The van der Waals surface area contributed by atoms with E-state index in [1.807, 2.05) is 54.6 Å². The second-order valence-corrected chi connectivity index (χ2v) is 6.70. The monoisotopic (exact) mass is 373 g/mol. The van der Waals surface area contributed by atoms with E-state index in [0.29, 0.717) is 23.5 Å². The third-order valence-corrected chi connectivity index (χ3v) is 4.85. The van der Waals surface area contributed by atoms with Crippen LogP contribution in [0.4, 0.5) is 0 Å². The van der Waals surface area contributed by atoms with Crippen molar-refractivity contribution in [2.45, 2.75) is 19.0 Å². The van der Waals surface area contributed by atoms with Crippen LogP contribution in [0.1, 0.15) is 21.5 Å². The fourth-order valence-electron chi connectivity index (χ4n) is 3.44. The number of hydrogen-bond donors (Lipinski definition) is 1.